The van der Waals surface area contributed by atoms with Crippen LogP contribution in [-0.2, 0) is 0 Å². The molecular weight excluding hydrogens is 411 g/mol. The minimum absolute atomic E-state index is 0.471. The van der Waals surface area contributed by atoms with Gasteiger partial charge in [-0.2, -0.15) is 0 Å². The molecule has 0 spiro atoms. The van der Waals surface area contributed by atoms with Crippen LogP contribution < -0.4 is 4.40 Å². The Morgan fingerprint density at radius 2 is 1.45 bits per heavy atom. The van der Waals surface area contributed by atoms with Gasteiger partial charge in [0.25, 0.3) is 0 Å². The van der Waals surface area contributed by atoms with E-state index in [0.717, 1.165) is 5.69 Å². The quantitative estimate of drug-likeness (QED) is 0.305. The molecule has 0 unspecified atom stereocenters. The van der Waals surface area contributed by atoms with E-state index in [0.29, 0.717) is 5.92 Å². The molecule has 0 bridgehead atoms. The van der Waals surface area contributed by atoms with Crippen molar-refractivity contribution < 1.29 is 0 Å². The molecule has 1 aromatic heterocycles. The number of benzene rings is 3. The van der Waals surface area contributed by atoms with Crippen molar-refractivity contribution in [3.63, 3.8) is 0 Å². The van der Waals surface area contributed by atoms with Crippen LogP contribution in [0.2, 0.25) is 17.3 Å². The van der Waals surface area contributed by atoms with Gasteiger partial charge < -0.3 is 0 Å². The second-order valence-corrected chi connectivity index (χ2v) is 19.9. The Labute approximate surface area is 177 Å². The summed E-state index contributed by atoms with van der Waals surface area (Å²) in [6.45, 7) is 4.52. The van der Waals surface area contributed by atoms with Gasteiger partial charge in [0, 0.05) is 0 Å². The summed E-state index contributed by atoms with van der Waals surface area (Å²) >= 11 is -1.78. The van der Waals surface area contributed by atoms with Crippen molar-refractivity contribution in [3.8, 4) is 22.4 Å². The fraction of sp³-hybridized carbons (Fsp3) is 0.222. The summed E-state index contributed by atoms with van der Waals surface area (Å²) in [5, 5.41) is 2.62. The zero-order valence-electron chi connectivity index (χ0n) is 18.0. The van der Waals surface area contributed by atoms with Crippen LogP contribution >= 0.6 is 0 Å². The molecule has 0 amide bonds. The van der Waals surface area contributed by atoms with Crippen LogP contribution in [0.4, 0.5) is 0 Å². The van der Waals surface area contributed by atoms with Crippen molar-refractivity contribution in [2.24, 2.45) is 0 Å². The molecule has 3 aromatic carbocycles. The molecule has 4 aromatic rings. The molecule has 0 aliphatic rings. The van der Waals surface area contributed by atoms with Crippen molar-refractivity contribution in [1.82, 2.24) is 4.98 Å². The third-order valence-electron chi connectivity index (χ3n) is 5.66. The summed E-state index contributed by atoms with van der Waals surface area (Å²) in [4.78, 5) is 4.71. The van der Waals surface area contributed by atoms with Crippen LogP contribution in [0.15, 0.2) is 79.0 Å². The van der Waals surface area contributed by atoms with Crippen LogP contribution in [-0.4, -0.2) is 18.3 Å². The summed E-state index contributed by atoms with van der Waals surface area (Å²) < 4.78 is 1.54. The first-order valence-corrected chi connectivity index (χ1v) is 17.8. The van der Waals surface area contributed by atoms with Crippen LogP contribution in [0, 0.1) is 0 Å². The molecule has 0 aliphatic carbocycles. The number of hydrogen-bond donors (Lipinski definition) is 0. The normalized spacial score (nSPS) is 11.9. The summed E-state index contributed by atoms with van der Waals surface area (Å²) in [6, 6.07) is 26.8. The number of fused-ring (bicyclic) bond motifs is 1. The molecule has 146 valence electrons. The van der Waals surface area contributed by atoms with Crippen molar-refractivity contribution in [2.75, 3.05) is 0 Å². The summed E-state index contributed by atoms with van der Waals surface area (Å²) in [7, 11) is 0. The zero-order valence-corrected chi connectivity index (χ0v) is 20.1. The van der Waals surface area contributed by atoms with E-state index in [1.54, 1.807) is 4.40 Å². The molecule has 1 nitrogen and oxygen atoms in total. The SMILES string of the molecule is CC(C)c1cc(-c2cc(-c3cc[c]([Ge]([CH3])([CH3])[CH3])cc3)ccn2)cc2ccccc12. The van der Waals surface area contributed by atoms with Crippen molar-refractivity contribution in [1.29, 1.82) is 0 Å². The summed E-state index contributed by atoms with van der Waals surface area (Å²) in [5.74, 6) is 7.78. The molecule has 0 radical (unpaired) electrons. The van der Waals surface area contributed by atoms with Crippen molar-refractivity contribution in [2.45, 2.75) is 37.0 Å². The van der Waals surface area contributed by atoms with Gasteiger partial charge in [-0.1, -0.05) is 6.07 Å². The fourth-order valence-corrected chi connectivity index (χ4v) is 6.34. The van der Waals surface area contributed by atoms with Gasteiger partial charge in [-0.05, 0) is 0 Å². The van der Waals surface area contributed by atoms with Gasteiger partial charge in [0.1, 0.15) is 0 Å². The Bertz CT molecular complexity index is 1150. The molecule has 0 aliphatic heterocycles. The topological polar surface area (TPSA) is 12.9 Å². The zero-order chi connectivity index (χ0) is 20.6. The molecule has 0 saturated heterocycles. The number of nitrogens with zero attached hydrogens (tertiary/aromatic N) is 1. The first kappa shape index (κ1) is 19.9. The third-order valence-corrected chi connectivity index (χ3v) is 9.99. The van der Waals surface area contributed by atoms with E-state index in [2.05, 4.69) is 104 Å². The standard InChI is InChI=1S/C27H29GeN/c1-19(2)26-17-23(16-22-8-6-7-9-25(22)26)27-18-21(14-15-29-27)20-10-12-24(13-11-20)28(3,4)5/h6-19H,1-5H3. The Kier molecular flexibility index (Phi) is 5.35. The van der Waals surface area contributed by atoms with Crippen molar-refractivity contribution >= 4 is 28.4 Å². The van der Waals surface area contributed by atoms with E-state index < -0.39 is 13.3 Å². The van der Waals surface area contributed by atoms with Gasteiger partial charge >= 0.3 is 171 Å². The average molecular weight is 440 g/mol. The first-order valence-electron chi connectivity index (χ1n) is 10.4. The van der Waals surface area contributed by atoms with Gasteiger partial charge in [0.2, 0.25) is 0 Å². The second kappa shape index (κ2) is 7.80. The molecule has 0 fully saturated rings. The monoisotopic (exact) mass is 441 g/mol. The predicted octanol–water partition coefficient (Wildman–Crippen LogP) is 7.24. The maximum absolute atomic E-state index is 4.71. The Balaban J connectivity index is 1.78. The van der Waals surface area contributed by atoms with Crippen LogP contribution in [0.3, 0.4) is 0 Å². The summed E-state index contributed by atoms with van der Waals surface area (Å²) in [6.07, 6.45) is 1.93. The fourth-order valence-electron chi connectivity index (χ4n) is 3.90. The van der Waals surface area contributed by atoms with Crippen LogP contribution in [0.1, 0.15) is 25.3 Å². The van der Waals surface area contributed by atoms with Gasteiger partial charge in [0.05, 0.1) is 0 Å². The number of aromatic nitrogens is 1. The van der Waals surface area contributed by atoms with Gasteiger partial charge in [0.15, 0.2) is 0 Å². The molecule has 2 heteroatoms. The average Bonchev–Trinajstić information content (AvgIpc) is 2.72. The number of rotatable bonds is 4. The maximum atomic E-state index is 4.71. The van der Waals surface area contributed by atoms with E-state index in [9.17, 15) is 0 Å². The van der Waals surface area contributed by atoms with E-state index in [-0.39, 0.29) is 0 Å². The Morgan fingerprint density at radius 3 is 2.14 bits per heavy atom. The van der Waals surface area contributed by atoms with E-state index in [4.69, 9.17) is 4.98 Å². The Morgan fingerprint density at radius 1 is 0.724 bits per heavy atom. The van der Waals surface area contributed by atoms with E-state index in [1.165, 1.54) is 33.0 Å². The Hall–Kier alpha value is -2.39. The molecule has 29 heavy (non-hydrogen) atoms. The molecule has 0 N–H and O–H groups in total. The molecule has 1 heterocycles. The molecular formula is C27H29GeN. The van der Waals surface area contributed by atoms with Crippen LogP contribution in [0.5, 0.6) is 0 Å². The first-order chi connectivity index (χ1) is 13.8. The van der Waals surface area contributed by atoms with Gasteiger partial charge in [-0.15, -0.1) is 0 Å². The minimum atomic E-state index is -1.78. The number of hydrogen-bond acceptors (Lipinski definition) is 1. The number of pyridine rings is 1. The van der Waals surface area contributed by atoms with Crippen LogP contribution in [0.25, 0.3) is 33.2 Å². The van der Waals surface area contributed by atoms with E-state index >= 15 is 0 Å². The van der Waals surface area contributed by atoms with Gasteiger partial charge in [-0.3, -0.25) is 0 Å². The molecule has 0 saturated carbocycles. The second-order valence-electron chi connectivity index (χ2n) is 9.20. The van der Waals surface area contributed by atoms with E-state index in [1.807, 2.05) is 6.20 Å². The van der Waals surface area contributed by atoms with Gasteiger partial charge in [-0.25, -0.2) is 0 Å². The van der Waals surface area contributed by atoms with Crippen molar-refractivity contribution in [3.05, 3.63) is 84.6 Å². The molecule has 0 atom stereocenters. The molecule has 4 rings (SSSR count). The summed E-state index contributed by atoms with van der Waals surface area (Å²) in [5.41, 5.74) is 6.09. The predicted molar refractivity (Wildman–Crippen MR) is 130 cm³/mol. The third kappa shape index (κ3) is 4.16.